The lowest BCUT2D eigenvalue weighted by atomic mass is 9.88. The molecule has 0 aromatic heterocycles. The summed E-state index contributed by atoms with van der Waals surface area (Å²) in [4.78, 5) is 26.0. The summed E-state index contributed by atoms with van der Waals surface area (Å²) >= 11 is 0. The summed E-state index contributed by atoms with van der Waals surface area (Å²) in [5, 5.41) is 13.2. The molecule has 0 saturated carbocycles. The molecular formula is C15H28N2O3. The normalized spacial score (nSPS) is 18.6. The molecule has 20 heavy (non-hydrogen) atoms. The second kappa shape index (κ2) is 6.57. The maximum atomic E-state index is 12.7. The lowest BCUT2D eigenvalue weighted by molar-refractivity contribution is -0.134. The quantitative estimate of drug-likeness (QED) is 0.673. The topological polar surface area (TPSA) is 69.6 Å². The van der Waals surface area contributed by atoms with Gasteiger partial charge in [-0.3, -0.25) is 9.69 Å². The highest BCUT2D eigenvalue weighted by atomic mass is 16.3. The molecule has 3 amide bonds. The van der Waals surface area contributed by atoms with Crippen LogP contribution in [-0.4, -0.2) is 39.6 Å². The summed E-state index contributed by atoms with van der Waals surface area (Å²) in [6.45, 7) is 7.84. The molecule has 0 radical (unpaired) electrons. The largest absolute Gasteiger partial charge is 0.388 e. The van der Waals surface area contributed by atoms with E-state index < -0.39 is 11.1 Å². The fraction of sp³-hybridized carbons (Fsp3) is 0.867. The molecule has 1 heterocycles. The van der Waals surface area contributed by atoms with E-state index >= 15 is 0 Å². The molecule has 0 unspecified atom stereocenters. The van der Waals surface area contributed by atoms with Gasteiger partial charge in [0.05, 0.1) is 12.1 Å². The molecule has 1 rings (SSSR count). The highest BCUT2D eigenvalue weighted by Gasteiger charge is 2.51. The van der Waals surface area contributed by atoms with Gasteiger partial charge in [0.2, 0.25) is 0 Å². The molecule has 1 fully saturated rings. The SMILES string of the molecule is CCCC1(CCC)NC(=O)N(CC(O)(CC)CC)C1=O. The first-order valence-corrected chi connectivity index (χ1v) is 7.74. The monoisotopic (exact) mass is 284 g/mol. The Morgan fingerprint density at radius 2 is 1.60 bits per heavy atom. The summed E-state index contributed by atoms with van der Waals surface area (Å²) < 4.78 is 0. The standard InChI is InChI=1S/C15H28N2O3/c1-5-9-15(10-6-2)12(18)17(13(19)16-15)11-14(20,7-3)8-4/h20H,5-11H2,1-4H3,(H,16,19). The molecule has 1 aliphatic rings. The summed E-state index contributed by atoms with van der Waals surface area (Å²) in [5.74, 6) is -0.175. The number of nitrogens with one attached hydrogen (secondary N) is 1. The molecule has 0 aliphatic carbocycles. The number of urea groups is 1. The molecule has 0 atom stereocenters. The molecule has 0 aromatic carbocycles. The lowest BCUT2D eigenvalue weighted by Gasteiger charge is -2.30. The van der Waals surface area contributed by atoms with Crippen molar-refractivity contribution in [3.05, 3.63) is 0 Å². The van der Waals surface area contributed by atoms with E-state index in [9.17, 15) is 14.7 Å². The number of hydrogen-bond acceptors (Lipinski definition) is 3. The van der Waals surface area contributed by atoms with Gasteiger partial charge in [0.1, 0.15) is 5.54 Å². The molecule has 1 aliphatic heterocycles. The van der Waals surface area contributed by atoms with E-state index in [1.54, 1.807) is 0 Å². The van der Waals surface area contributed by atoms with Crippen LogP contribution < -0.4 is 5.32 Å². The van der Waals surface area contributed by atoms with Crippen LogP contribution in [0.2, 0.25) is 0 Å². The van der Waals surface area contributed by atoms with Crippen molar-refractivity contribution in [3.63, 3.8) is 0 Å². The first-order chi connectivity index (χ1) is 9.38. The van der Waals surface area contributed by atoms with Gasteiger partial charge < -0.3 is 10.4 Å². The first kappa shape index (κ1) is 17.0. The van der Waals surface area contributed by atoms with Crippen LogP contribution in [0.4, 0.5) is 4.79 Å². The van der Waals surface area contributed by atoms with Gasteiger partial charge in [-0.1, -0.05) is 40.5 Å². The number of aliphatic hydroxyl groups is 1. The van der Waals surface area contributed by atoms with Gasteiger partial charge in [-0.15, -0.1) is 0 Å². The molecule has 0 bridgehead atoms. The third kappa shape index (κ3) is 3.14. The van der Waals surface area contributed by atoms with Crippen LogP contribution in [0.5, 0.6) is 0 Å². The van der Waals surface area contributed by atoms with Crippen molar-refractivity contribution < 1.29 is 14.7 Å². The summed E-state index contributed by atoms with van der Waals surface area (Å²) in [6.07, 6.45) is 4.03. The Balaban J connectivity index is 2.95. The summed E-state index contributed by atoms with van der Waals surface area (Å²) in [6, 6.07) is -0.364. The van der Waals surface area contributed by atoms with E-state index in [0.29, 0.717) is 25.7 Å². The average molecular weight is 284 g/mol. The first-order valence-electron chi connectivity index (χ1n) is 7.74. The zero-order chi connectivity index (χ0) is 15.4. The third-order valence-corrected chi connectivity index (χ3v) is 4.37. The highest BCUT2D eigenvalue weighted by molar-refractivity contribution is 6.07. The zero-order valence-electron chi connectivity index (χ0n) is 13.2. The molecule has 116 valence electrons. The Morgan fingerprint density at radius 1 is 1.10 bits per heavy atom. The summed E-state index contributed by atoms with van der Waals surface area (Å²) in [5.41, 5.74) is -1.75. The Kier molecular flexibility index (Phi) is 5.57. The summed E-state index contributed by atoms with van der Waals surface area (Å²) in [7, 11) is 0. The van der Waals surface area contributed by atoms with Gasteiger partial charge in [0.15, 0.2) is 0 Å². The van der Waals surface area contributed by atoms with Gasteiger partial charge in [0.25, 0.3) is 5.91 Å². The van der Waals surface area contributed by atoms with Crippen LogP contribution in [0, 0.1) is 0 Å². The van der Waals surface area contributed by atoms with Gasteiger partial charge in [-0.25, -0.2) is 4.79 Å². The van der Waals surface area contributed by atoms with E-state index in [1.807, 2.05) is 27.7 Å². The Bertz CT molecular complexity index is 358. The number of nitrogens with zero attached hydrogens (tertiary/aromatic N) is 1. The second-order valence-corrected chi connectivity index (χ2v) is 5.84. The average Bonchev–Trinajstić information content (AvgIpc) is 2.64. The van der Waals surface area contributed by atoms with Gasteiger partial charge in [-0.2, -0.15) is 0 Å². The van der Waals surface area contributed by atoms with Crippen molar-refractivity contribution in [2.75, 3.05) is 6.54 Å². The van der Waals surface area contributed by atoms with E-state index in [-0.39, 0.29) is 18.5 Å². The van der Waals surface area contributed by atoms with Crippen LogP contribution in [0.3, 0.4) is 0 Å². The Hall–Kier alpha value is -1.10. The predicted octanol–water partition coefficient (Wildman–Crippen LogP) is 2.43. The number of carbonyl (C=O) groups is 2. The van der Waals surface area contributed by atoms with Crippen molar-refractivity contribution in [1.29, 1.82) is 0 Å². The fourth-order valence-electron chi connectivity index (χ4n) is 2.91. The van der Waals surface area contributed by atoms with Crippen LogP contribution in [0.15, 0.2) is 0 Å². The minimum atomic E-state index is -0.985. The third-order valence-electron chi connectivity index (χ3n) is 4.37. The van der Waals surface area contributed by atoms with E-state index in [1.165, 1.54) is 4.90 Å². The molecule has 0 aromatic rings. The highest BCUT2D eigenvalue weighted by Crippen LogP contribution is 2.30. The second-order valence-electron chi connectivity index (χ2n) is 5.84. The number of rotatable bonds is 8. The van der Waals surface area contributed by atoms with Crippen molar-refractivity contribution >= 4 is 11.9 Å². The predicted molar refractivity (Wildman–Crippen MR) is 78.3 cm³/mol. The fourth-order valence-corrected chi connectivity index (χ4v) is 2.91. The van der Waals surface area contributed by atoms with Crippen molar-refractivity contribution in [1.82, 2.24) is 10.2 Å². The molecule has 5 heteroatoms. The lowest BCUT2D eigenvalue weighted by Crippen LogP contribution is -2.48. The number of hydrogen-bond donors (Lipinski definition) is 2. The van der Waals surface area contributed by atoms with Crippen molar-refractivity contribution in [3.8, 4) is 0 Å². The molecule has 1 saturated heterocycles. The van der Waals surface area contributed by atoms with E-state index in [2.05, 4.69) is 5.32 Å². The van der Waals surface area contributed by atoms with E-state index in [4.69, 9.17) is 0 Å². The van der Waals surface area contributed by atoms with Crippen molar-refractivity contribution in [2.24, 2.45) is 0 Å². The van der Waals surface area contributed by atoms with Gasteiger partial charge in [0, 0.05) is 0 Å². The van der Waals surface area contributed by atoms with Crippen LogP contribution in [0.1, 0.15) is 66.2 Å². The molecular weight excluding hydrogens is 256 g/mol. The number of amides is 3. The van der Waals surface area contributed by atoms with Gasteiger partial charge >= 0.3 is 6.03 Å². The van der Waals surface area contributed by atoms with Crippen LogP contribution in [-0.2, 0) is 4.79 Å². The zero-order valence-corrected chi connectivity index (χ0v) is 13.2. The van der Waals surface area contributed by atoms with E-state index in [0.717, 1.165) is 12.8 Å². The molecule has 5 nitrogen and oxygen atoms in total. The molecule has 0 spiro atoms. The Labute approximate surface area is 121 Å². The molecule has 2 N–H and O–H groups in total. The maximum Gasteiger partial charge on any atom is 0.325 e. The minimum absolute atomic E-state index is 0.0832. The number of carbonyl (C=O) groups excluding carboxylic acids is 2. The van der Waals surface area contributed by atoms with Crippen LogP contribution in [0.25, 0.3) is 0 Å². The minimum Gasteiger partial charge on any atom is -0.388 e. The van der Waals surface area contributed by atoms with Crippen molar-refractivity contribution in [2.45, 2.75) is 77.4 Å². The Morgan fingerprint density at radius 3 is 2.00 bits per heavy atom. The van der Waals surface area contributed by atoms with Gasteiger partial charge in [-0.05, 0) is 25.7 Å². The maximum absolute atomic E-state index is 12.7. The number of imide groups is 1. The van der Waals surface area contributed by atoms with Crippen LogP contribution >= 0.6 is 0 Å². The smallest absolute Gasteiger partial charge is 0.325 e. The number of β-amino-alcohol motifs (C(OH)–C–C–N with tert-alkyl or cyclic N) is 1.